The molecule has 0 saturated carbocycles. The van der Waals surface area contributed by atoms with E-state index in [2.05, 4.69) is 37.9 Å². The third-order valence-corrected chi connectivity index (χ3v) is 3.74. The first-order valence-corrected chi connectivity index (χ1v) is 11.7. The van der Waals surface area contributed by atoms with E-state index >= 15 is 0 Å². The summed E-state index contributed by atoms with van der Waals surface area (Å²) >= 11 is -0.556. The zero-order valence-electron chi connectivity index (χ0n) is 7.70. The molecular formula is C8H14Cl2SiTi. The van der Waals surface area contributed by atoms with Crippen LogP contribution in [0.3, 0.4) is 0 Å². The summed E-state index contributed by atoms with van der Waals surface area (Å²) in [5.74, 6) is 0. The predicted molar refractivity (Wildman–Crippen MR) is 56.9 cm³/mol. The number of rotatable bonds is 1. The van der Waals surface area contributed by atoms with Gasteiger partial charge in [0.25, 0.3) is 0 Å². The average molecular weight is 257 g/mol. The summed E-state index contributed by atoms with van der Waals surface area (Å²) in [6, 6.07) is 0. The van der Waals surface area contributed by atoms with Crippen molar-refractivity contribution >= 4 is 26.7 Å². The van der Waals surface area contributed by atoms with E-state index in [1.54, 1.807) is 5.20 Å². The van der Waals surface area contributed by atoms with Gasteiger partial charge in [-0.2, -0.15) is 0 Å². The normalized spacial score (nSPS) is 14.9. The SMILES string of the molecule is C[Si](C)(C)C1=CCC=C1.[Cl][Ti][Cl]. The van der Waals surface area contributed by atoms with Gasteiger partial charge in [-0.1, -0.05) is 43.1 Å². The quantitative estimate of drug-likeness (QED) is 0.619. The number of hydrogen-bond acceptors (Lipinski definition) is 0. The molecule has 0 bridgehead atoms. The molecule has 1 aliphatic rings. The molecule has 0 radical (unpaired) electrons. The number of hydrogen-bond donors (Lipinski definition) is 0. The Morgan fingerprint density at radius 2 is 1.83 bits per heavy atom. The molecule has 4 heteroatoms. The van der Waals surface area contributed by atoms with Crippen LogP contribution in [0.1, 0.15) is 6.42 Å². The maximum atomic E-state index is 4.89. The van der Waals surface area contributed by atoms with Gasteiger partial charge < -0.3 is 0 Å². The average Bonchev–Trinajstić information content (AvgIpc) is 2.36. The van der Waals surface area contributed by atoms with Crippen molar-refractivity contribution in [3.8, 4) is 0 Å². The van der Waals surface area contributed by atoms with Gasteiger partial charge in [0.15, 0.2) is 0 Å². The Labute approximate surface area is 92.7 Å². The molecule has 0 N–H and O–H groups in total. The summed E-state index contributed by atoms with van der Waals surface area (Å²) in [5, 5.41) is 1.61. The molecule has 0 amide bonds. The molecule has 0 spiro atoms. The van der Waals surface area contributed by atoms with E-state index < -0.39 is 25.1 Å². The first-order valence-electron chi connectivity index (χ1n) is 3.86. The van der Waals surface area contributed by atoms with E-state index in [-0.39, 0.29) is 0 Å². The van der Waals surface area contributed by atoms with Crippen molar-refractivity contribution in [1.29, 1.82) is 0 Å². The van der Waals surface area contributed by atoms with Crippen LogP contribution in [0.4, 0.5) is 0 Å². The van der Waals surface area contributed by atoms with Gasteiger partial charge in [-0.15, -0.1) is 0 Å². The van der Waals surface area contributed by atoms with Crippen molar-refractivity contribution in [2.45, 2.75) is 26.1 Å². The van der Waals surface area contributed by atoms with Crippen LogP contribution in [0.5, 0.6) is 0 Å². The Morgan fingerprint density at radius 1 is 1.33 bits per heavy atom. The van der Waals surface area contributed by atoms with E-state index in [1.165, 1.54) is 6.42 Å². The Hall–Kier alpha value is 0.991. The van der Waals surface area contributed by atoms with Crippen molar-refractivity contribution in [3.05, 3.63) is 23.4 Å². The Balaban J connectivity index is 0.000000354. The van der Waals surface area contributed by atoms with Gasteiger partial charge in [0, 0.05) is 0 Å². The van der Waals surface area contributed by atoms with Gasteiger partial charge >= 0.3 is 35.6 Å². The summed E-state index contributed by atoms with van der Waals surface area (Å²) in [4.78, 5) is 0. The summed E-state index contributed by atoms with van der Waals surface area (Å²) in [7, 11) is 8.83. The predicted octanol–water partition coefficient (Wildman–Crippen LogP) is 4.13. The Kier molecular flexibility index (Phi) is 6.98. The fourth-order valence-electron chi connectivity index (χ4n) is 1.01. The van der Waals surface area contributed by atoms with Crippen molar-refractivity contribution in [3.63, 3.8) is 0 Å². The molecule has 0 aromatic heterocycles. The zero-order valence-corrected chi connectivity index (χ0v) is 11.8. The molecule has 0 nitrogen and oxygen atoms in total. The summed E-state index contributed by atoms with van der Waals surface area (Å²) in [6.07, 6.45) is 8.05. The van der Waals surface area contributed by atoms with Crippen LogP contribution in [0.15, 0.2) is 23.4 Å². The molecule has 12 heavy (non-hydrogen) atoms. The fourth-order valence-corrected chi connectivity index (χ4v) is 2.36. The van der Waals surface area contributed by atoms with E-state index in [0.717, 1.165) is 0 Å². The van der Waals surface area contributed by atoms with E-state index in [9.17, 15) is 0 Å². The van der Waals surface area contributed by atoms with Crippen LogP contribution in [-0.2, 0) is 17.0 Å². The van der Waals surface area contributed by atoms with Crippen LogP contribution in [0.25, 0.3) is 0 Å². The van der Waals surface area contributed by atoms with Gasteiger partial charge in [0.2, 0.25) is 0 Å². The van der Waals surface area contributed by atoms with Gasteiger partial charge in [-0.3, -0.25) is 0 Å². The monoisotopic (exact) mass is 256 g/mol. The Bertz CT molecular complexity index is 182. The molecular weight excluding hydrogens is 243 g/mol. The third-order valence-electron chi connectivity index (χ3n) is 1.64. The number of allylic oxidation sites excluding steroid dienone is 4. The first-order chi connectivity index (χ1) is 5.52. The van der Waals surface area contributed by atoms with Crippen molar-refractivity contribution in [1.82, 2.24) is 0 Å². The first kappa shape index (κ1) is 13.0. The summed E-state index contributed by atoms with van der Waals surface area (Å²) < 4.78 is 0. The van der Waals surface area contributed by atoms with E-state index in [0.29, 0.717) is 0 Å². The molecule has 68 valence electrons. The molecule has 1 rings (SSSR count). The molecule has 0 heterocycles. The molecule has 0 aromatic rings. The Morgan fingerprint density at radius 3 is 2.00 bits per heavy atom. The van der Waals surface area contributed by atoms with Gasteiger partial charge in [-0.25, -0.2) is 0 Å². The van der Waals surface area contributed by atoms with E-state index in [1.807, 2.05) is 0 Å². The molecule has 0 saturated heterocycles. The second kappa shape index (κ2) is 6.45. The molecule has 0 fully saturated rings. The maximum absolute atomic E-state index is 4.89. The minimum atomic E-state index is -0.950. The molecule has 0 aliphatic heterocycles. The molecule has 0 unspecified atom stereocenters. The zero-order chi connectivity index (χ0) is 9.61. The minimum absolute atomic E-state index is 0.556. The molecule has 1 aliphatic carbocycles. The summed E-state index contributed by atoms with van der Waals surface area (Å²) in [6.45, 7) is 7.15. The van der Waals surface area contributed by atoms with Gasteiger partial charge in [0.1, 0.15) is 0 Å². The van der Waals surface area contributed by atoms with Crippen molar-refractivity contribution in [2.75, 3.05) is 0 Å². The van der Waals surface area contributed by atoms with Crippen LogP contribution in [0, 0.1) is 0 Å². The topological polar surface area (TPSA) is 0 Å². The van der Waals surface area contributed by atoms with Crippen LogP contribution < -0.4 is 0 Å². The standard InChI is InChI=1S/C8H14Si.2ClH.Ti/c1-9(2,3)8-6-4-5-7-8;;;/h4,6-7H,5H2,1-3H3;2*1H;/q;;;+2/p-2. The number of halogens is 2. The van der Waals surface area contributed by atoms with Crippen molar-refractivity contribution < 1.29 is 17.0 Å². The van der Waals surface area contributed by atoms with Gasteiger partial charge in [0.05, 0.1) is 8.07 Å². The fraction of sp³-hybridized carbons (Fsp3) is 0.500. The van der Waals surface area contributed by atoms with Crippen LogP contribution in [0.2, 0.25) is 19.6 Å². The van der Waals surface area contributed by atoms with Gasteiger partial charge in [-0.05, 0) is 6.42 Å². The van der Waals surface area contributed by atoms with Crippen LogP contribution in [-0.4, -0.2) is 8.07 Å². The second-order valence-corrected chi connectivity index (χ2v) is 11.3. The summed E-state index contributed by atoms with van der Waals surface area (Å²) in [5.41, 5.74) is 0. The second-order valence-electron chi connectivity index (χ2n) is 3.62. The van der Waals surface area contributed by atoms with E-state index in [4.69, 9.17) is 18.6 Å². The molecule has 0 aromatic carbocycles. The molecule has 0 atom stereocenters. The third kappa shape index (κ3) is 5.60. The van der Waals surface area contributed by atoms with Crippen LogP contribution >= 0.6 is 18.6 Å². The van der Waals surface area contributed by atoms with Crippen molar-refractivity contribution in [2.24, 2.45) is 0 Å².